The Hall–Kier alpha value is -2.82. The number of hydrogen-bond donors (Lipinski definition) is 1. The van der Waals surface area contributed by atoms with Crippen LogP contribution < -0.4 is 4.90 Å². The number of anilines is 1. The lowest BCUT2D eigenvalue weighted by molar-refractivity contribution is -0.137. The van der Waals surface area contributed by atoms with Gasteiger partial charge in [0, 0.05) is 39.3 Å². The third-order valence-electron chi connectivity index (χ3n) is 5.65. The zero-order valence-corrected chi connectivity index (χ0v) is 17.3. The van der Waals surface area contributed by atoms with Gasteiger partial charge in [-0.1, -0.05) is 49.2 Å². The molecule has 29 heavy (non-hydrogen) atoms. The molecule has 0 aromatic heterocycles. The van der Waals surface area contributed by atoms with Gasteiger partial charge < -0.3 is 14.9 Å². The van der Waals surface area contributed by atoms with Gasteiger partial charge in [-0.3, -0.25) is 9.59 Å². The molecule has 2 aromatic rings. The Bertz CT molecular complexity index is 820. The van der Waals surface area contributed by atoms with Crippen LogP contribution in [0.3, 0.4) is 0 Å². The van der Waals surface area contributed by atoms with E-state index in [-0.39, 0.29) is 18.2 Å². The van der Waals surface area contributed by atoms with Crippen LogP contribution in [0.15, 0.2) is 48.5 Å². The highest BCUT2D eigenvalue weighted by Gasteiger charge is 2.29. The maximum atomic E-state index is 13.4. The highest BCUT2D eigenvalue weighted by Crippen LogP contribution is 2.31. The van der Waals surface area contributed by atoms with E-state index in [9.17, 15) is 9.59 Å². The van der Waals surface area contributed by atoms with Gasteiger partial charge in [0.1, 0.15) is 0 Å². The molecule has 1 aliphatic heterocycles. The van der Waals surface area contributed by atoms with Gasteiger partial charge in [0.25, 0.3) is 0 Å². The smallest absolute Gasteiger partial charge is 0.303 e. The molecule has 1 aliphatic rings. The Morgan fingerprint density at radius 3 is 2.14 bits per heavy atom. The van der Waals surface area contributed by atoms with Gasteiger partial charge in [-0.05, 0) is 41.7 Å². The molecule has 5 nitrogen and oxygen atoms in total. The van der Waals surface area contributed by atoms with Crippen LogP contribution in [0.4, 0.5) is 5.69 Å². The summed E-state index contributed by atoms with van der Waals surface area (Å²) in [6.45, 7) is 1.33. The highest BCUT2D eigenvalue weighted by atomic mass is 16.4. The van der Waals surface area contributed by atoms with Crippen molar-refractivity contribution in [1.29, 1.82) is 0 Å². The lowest BCUT2D eigenvalue weighted by Gasteiger charge is -2.24. The molecule has 1 atom stereocenters. The van der Waals surface area contributed by atoms with Crippen LogP contribution in [0.5, 0.6) is 0 Å². The lowest BCUT2D eigenvalue weighted by atomic mass is 9.91. The molecule has 0 aliphatic carbocycles. The number of benzene rings is 2. The first kappa shape index (κ1) is 20.9. The van der Waals surface area contributed by atoms with Crippen LogP contribution in [-0.4, -0.2) is 36.0 Å². The predicted molar refractivity (Wildman–Crippen MR) is 115 cm³/mol. The summed E-state index contributed by atoms with van der Waals surface area (Å²) < 4.78 is 0. The molecule has 0 fully saturated rings. The van der Waals surface area contributed by atoms with Crippen LogP contribution in [0.1, 0.15) is 54.7 Å². The van der Waals surface area contributed by atoms with E-state index < -0.39 is 5.97 Å². The molecule has 3 rings (SSSR count). The third-order valence-corrected chi connectivity index (χ3v) is 5.65. The van der Waals surface area contributed by atoms with Crippen LogP contribution in [-0.2, 0) is 22.7 Å². The van der Waals surface area contributed by atoms with Crippen molar-refractivity contribution in [3.05, 3.63) is 65.2 Å². The number of fused-ring (bicyclic) bond motifs is 1. The molecule has 5 heteroatoms. The topological polar surface area (TPSA) is 60.9 Å². The first-order valence-corrected chi connectivity index (χ1v) is 10.3. The maximum Gasteiger partial charge on any atom is 0.303 e. The van der Waals surface area contributed by atoms with Gasteiger partial charge in [-0.15, -0.1) is 0 Å². The molecule has 0 unspecified atom stereocenters. The highest BCUT2D eigenvalue weighted by molar-refractivity contribution is 5.84. The average Bonchev–Trinajstić information content (AvgIpc) is 3.14. The first-order chi connectivity index (χ1) is 14.0. The molecule has 154 valence electrons. The summed E-state index contributed by atoms with van der Waals surface area (Å²) in [4.78, 5) is 28.2. The predicted octanol–water partition coefficient (Wildman–Crippen LogP) is 4.41. The fourth-order valence-corrected chi connectivity index (χ4v) is 3.95. The summed E-state index contributed by atoms with van der Waals surface area (Å²) in [5.74, 6) is -0.783. The Labute approximate surface area is 172 Å². The van der Waals surface area contributed by atoms with E-state index >= 15 is 0 Å². The molecular formula is C24H30N2O3. The van der Waals surface area contributed by atoms with Crippen LogP contribution in [0.25, 0.3) is 0 Å². The Balaban J connectivity index is 1.71. The number of carbonyl (C=O) groups excluding carboxylic acids is 1. The molecule has 2 aromatic carbocycles. The number of carbonyl (C=O) groups is 2. The van der Waals surface area contributed by atoms with Gasteiger partial charge in [0.15, 0.2) is 0 Å². The van der Waals surface area contributed by atoms with E-state index in [1.165, 1.54) is 11.1 Å². The fourth-order valence-electron chi connectivity index (χ4n) is 3.95. The Morgan fingerprint density at radius 1 is 0.966 bits per heavy atom. The number of nitrogens with zero attached hydrogens (tertiary/aromatic N) is 2. The molecule has 0 saturated heterocycles. The summed E-state index contributed by atoms with van der Waals surface area (Å²) in [6, 6.07) is 16.4. The monoisotopic (exact) mass is 394 g/mol. The summed E-state index contributed by atoms with van der Waals surface area (Å²) in [5, 5.41) is 8.82. The van der Waals surface area contributed by atoms with Crippen LogP contribution in [0.2, 0.25) is 0 Å². The van der Waals surface area contributed by atoms with Crippen LogP contribution in [0, 0.1) is 0 Å². The number of unbranched alkanes of at least 4 members (excludes halogenated alkanes) is 2. The molecule has 0 saturated carbocycles. The molecule has 0 bridgehead atoms. The molecule has 0 radical (unpaired) electrons. The van der Waals surface area contributed by atoms with E-state index in [1.807, 2.05) is 36.0 Å². The second-order valence-electron chi connectivity index (χ2n) is 7.99. The van der Waals surface area contributed by atoms with E-state index in [4.69, 9.17) is 5.11 Å². The van der Waals surface area contributed by atoms with E-state index in [1.54, 1.807) is 0 Å². The minimum absolute atomic E-state index is 0.164. The van der Waals surface area contributed by atoms with Crippen molar-refractivity contribution < 1.29 is 14.7 Å². The van der Waals surface area contributed by atoms with Gasteiger partial charge in [0.05, 0.1) is 5.92 Å². The summed E-state index contributed by atoms with van der Waals surface area (Å²) in [5.41, 5.74) is 4.60. The number of amides is 1. The van der Waals surface area contributed by atoms with Crippen LogP contribution >= 0.6 is 0 Å². The Morgan fingerprint density at radius 2 is 1.59 bits per heavy atom. The number of carboxylic acid groups (broad SMARTS) is 1. The number of carboxylic acids is 1. The summed E-state index contributed by atoms with van der Waals surface area (Å²) >= 11 is 0. The molecular weight excluding hydrogens is 364 g/mol. The largest absolute Gasteiger partial charge is 0.481 e. The molecule has 0 spiro atoms. The first-order valence-electron chi connectivity index (χ1n) is 10.3. The number of aliphatic carboxylic acids is 1. The molecule has 1 amide bonds. The minimum atomic E-state index is -0.758. The quantitative estimate of drug-likeness (QED) is 0.640. The van der Waals surface area contributed by atoms with Gasteiger partial charge in [-0.25, -0.2) is 0 Å². The Kier molecular flexibility index (Phi) is 6.91. The van der Waals surface area contributed by atoms with E-state index in [0.29, 0.717) is 19.5 Å². The zero-order valence-electron chi connectivity index (χ0n) is 17.3. The second-order valence-corrected chi connectivity index (χ2v) is 7.99. The van der Waals surface area contributed by atoms with Gasteiger partial charge in [-0.2, -0.15) is 0 Å². The van der Waals surface area contributed by atoms with Crippen molar-refractivity contribution in [3.63, 3.8) is 0 Å². The minimum Gasteiger partial charge on any atom is -0.481 e. The van der Waals surface area contributed by atoms with E-state index in [0.717, 1.165) is 30.5 Å². The molecule has 1 N–H and O–H groups in total. The third kappa shape index (κ3) is 5.37. The van der Waals surface area contributed by atoms with Crippen molar-refractivity contribution in [2.24, 2.45) is 0 Å². The van der Waals surface area contributed by atoms with Gasteiger partial charge in [0.2, 0.25) is 5.91 Å². The zero-order chi connectivity index (χ0) is 20.8. The van der Waals surface area contributed by atoms with Crippen molar-refractivity contribution in [3.8, 4) is 0 Å². The fraction of sp³-hybridized carbons (Fsp3) is 0.417. The van der Waals surface area contributed by atoms with Crippen molar-refractivity contribution in [2.75, 3.05) is 19.0 Å². The lowest BCUT2D eigenvalue weighted by Crippen LogP contribution is -2.31. The summed E-state index contributed by atoms with van der Waals surface area (Å²) in [7, 11) is 4.00. The van der Waals surface area contributed by atoms with Crippen molar-refractivity contribution >= 4 is 17.6 Å². The standard InChI is InChI=1S/C24H30N2O3/c1-25(2)21-14-12-18(13-15-21)22(10-4-3-5-11-23(27)28)24(29)26-16-19-8-6-7-9-20(19)17-26/h6-9,12-15,22H,3-5,10-11,16-17H2,1-2H3,(H,27,28)/t22-/m0/s1. The van der Waals surface area contributed by atoms with Gasteiger partial charge >= 0.3 is 5.97 Å². The number of rotatable bonds is 9. The van der Waals surface area contributed by atoms with E-state index in [2.05, 4.69) is 36.4 Å². The summed E-state index contributed by atoms with van der Waals surface area (Å²) in [6.07, 6.45) is 3.27. The van der Waals surface area contributed by atoms with Crippen molar-refractivity contribution in [2.45, 2.75) is 51.1 Å². The van der Waals surface area contributed by atoms with Crippen molar-refractivity contribution in [1.82, 2.24) is 4.90 Å². The maximum absolute atomic E-state index is 13.4. The molecule has 1 heterocycles. The normalized spacial score (nSPS) is 13.8. The second kappa shape index (κ2) is 9.59. The SMILES string of the molecule is CN(C)c1ccc([C@H](CCCCCC(=O)O)C(=O)N2Cc3ccccc3C2)cc1. The average molecular weight is 395 g/mol. The number of hydrogen-bond acceptors (Lipinski definition) is 3.